The minimum atomic E-state index is -0.995. The number of ketones is 1. The molecule has 0 saturated carbocycles. The summed E-state index contributed by atoms with van der Waals surface area (Å²) < 4.78 is 0. The second-order valence-corrected chi connectivity index (χ2v) is 4.42. The van der Waals surface area contributed by atoms with Gasteiger partial charge in [-0.25, -0.2) is 0 Å². The maximum Gasteiger partial charge on any atom is 0.321 e. The van der Waals surface area contributed by atoms with E-state index in [0.29, 0.717) is 0 Å². The van der Waals surface area contributed by atoms with E-state index in [9.17, 15) is 9.59 Å². The topological polar surface area (TPSA) is 66.4 Å². The summed E-state index contributed by atoms with van der Waals surface area (Å²) in [6.45, 7) is 1.85. The standard InChI is InChI=1S/C13H17NO3S/c1-9(10-5-3-2-4-6-10)12(15)7-14-11(8-18)13(16)17/h2-6,9,11,14,18H,7-8H2,1H3,(H,16,17)/t9?,11-/m1/s1. The lowest BCUT2D eigenvalue weighted by Crippen LogP contribution is -2.41. The van der Waals surface area contributed by atoms with Crippen molar-refractivity contribution in [2.24, 2.45) is 0 Å². The number of hydrogen-bond donors (Lipinski definition) is 3. The SMILES string of the molecule is CC(C(=O)CN[C@H](CS)C(=O)O)c1ccccc1. The Morgan fingerprint density at radius 1 is 1.33 bits per heavy atom. The van der Waals surface area contributed by atoms with Crippen LogP contribution in [0.1, 0.15) is 18.4 Å². The van der Waals surface area contributed by atoms with Crippen molar-refractivity contribution in [1.82, 2.24) is 5.32 Å². The van der Waals surface area contributed by atoms with Crippen LogP contribution in [0.5, 0.6) is 0 Å². The van der Waals surface area contributed by atoms with Gasteiger partial charge in [0.25, 0.3) is 0 Å². The molecule has 0 aromatic heterocycles. The fraction of sp³-hybridized carbons (Fsp3) is 0.385. The number of benzene rings is 1. The molecule has 0 bridgehead atoms. The molecule has 2 N–H and O–H groups in total. The monoisotopic (exact) mass is 267 g/mol. The molecule has 5 heteroatoms. The smallest absolute Gasteiger partial charge is 0.321 e. The van der Waals surface area contributed by atoms with Crippen molar-refractivity contribution in [3.05, 3.63) is 35.9 Å². The van der Waals surface area contributed by atoms with Gasteiger partial charge in [0, 0.05) is 11.7 Å². The van der Waals surface area contributed by atoms with E-state index in [0.717, 1.165) is 5.56 Å². The first-order chi connectivity index (χ1) is 8.56. The average molecular weight is 267 g/mol. The fourth-order valence-electron chi connectivity index (χ4n) is 1.53. The number of rotatable bonds is 7. The van der Waals surface area contributed by atoms with Crippen LogP contribution in [-0.4, -0.2) is 35.2 Å². The summed E-state index contributed by atoms with van der Waals surface area (Å²) in [5.74, 6) is -1.12. The Morgan fingerprint density at radius 3 is 2.44 bits per heavy atom. The molecule has 4 nitrogen and oxygen atoms in total. The van der Waals surface area contributed by atoms with Gasteiger partial charge >= 0.3 is 5.97 Å². The Morgan fingerprint density at radius 2 is 1.94 bits per heavy atom. The van der Waals surface area contributed by atoms with E-state index in [1.165, 1.54) is 0 Å². The molecule has 1 rings (SSSR count). The zero-order valence-corrected chi connectivity index (χ0v) is 11.1. The molecule has 0 fully saturated rings. The third kappa shape index (κ3) is 4.16. The number of carboxylic acids is 1. The van der Waals surface area contributed by atoms with Gasteiger partial charge in [-0.1, -0.05) is 37.3 Å². The van der Waals surface area contributed by atoms with Crippen LogP contribution in [0.15, 0.2) is 30.3 Å². The van der Waals surface area contributed by atoms with Crippen LogP contribution >= 0.6 is 12.6 Å². The highest BCUT2D eigenvalue weighted by molar-refractivity contribution is 7.80. The molecule has 1 aromatic rings. The Kier molecular flexibility index (Phi) is 5.88. The summed E-state index contributed by atoms with van der Waals surface area (Å²) in [6.07, 6.45) is 0. The number of aliphatic carboxylic acids is 1. The Bertz CT molecular complexity index is 408. The summed E-state index contributed by atoms with van der Waals surface area (Å²) in [4.78, 5) is 22.7. The molecule has 0 saturated heterocycles. The molecule has 0 aliphatic rings. The largest absolute Gasteiger partial charge is 0.480 e. The van der Waals surface area contributed by atoms with Crippen molar-refractivity contribution in [1.29, 1.82) is 0 Å². The van der Waals surface area contributed by atoms with Crippen molar-refractivity contribution < 1.29 is 14.7 Å². The van der Waals surface area contributed by atoms with E-state index < -0.39 is 12.0 Å². The highest BCUT2D eigenvalue weighted by Crippen LogP contribution is 2.15. The van der Waals surface area contributed by atoms with E-state index in [-0.39, 0.29) is 24.0 Å². The highest BCUT2D eigenvalue weighted by Gasteiger charge is 2.19. The van der Waals surface area contributed by atoms with Gasteiger partial charge in [0.2, 0.25) is 0 Å². The minimum absolute atomic E-state index is 0.0331. The molecule has 2 atom stereocenters. The van der Waals surface area contributed by atoms with Crippen LogP contribution in [0, 0.1) is 0 Å². The van der Waals surface area contributed by atoms with Gasteiger partial charge in [0.05, 0.1) is 6.54 Å². The first kappa shape index (κ1) is 14.7. The molecule has 1 aromatic carbocycles. The van der Waals surface area contributed by atoms with E-state index in [1.807, 2.05) is 37.3 Å². The molecule has 98 valence electrons. The van der Waals surface area contributed by atoms with E-state index in [4.69, 9.17) is 5.11 Å². The summed E-state index contributed by atoms with van der Waals surface area (Å²) in [5, 5.41) is 11.5. The Hall–Kier alpha value is -1.33. The molecule has 0 spiro atoms. The molecule has 0 radical (unpaired) electrons. The highest BCUT2D eigenvalue weighted by atomic mass is 32.1. The summed E-state index contributed by atoms with van der Waals surface area (Å²) in [6, 6.07) is 8.62. The van der Waals surface area contributed by atoms with Crippen molar-refractivity contribution in [2.75, 3.05) is 12.3 Å². The van der Waals surface area contributed by atoms with E-state index in [2.05, 4.69) is 17.9 Å². The fourth-order valence-corrected chi connectivity index (χ4v) is 1.82. The van der Waals surface area contributed by atoms with E-state index >= 15 is 0 Å². The number of carbonyl (C=O) groups excluding carboxylic acids is 1. The number of hydrogen-bond acceptors (Lipinski definition) is 4. The second-order valence-electron chi connectivity index (χ2n) is 4.05. The van der Waals surface area contributed by atoms with Crippen LogP contribution in [-0.2, 0) is 9.59 Å². The molecule has 18 heavy (non-hydrogen) atoms. The predicted molar refractivity (Wildman–Crippen MR) is 73.1 cm³/mol. The van der Waals surface area contributed by atoms with Crippen LogP contribution < -0.4 is 5.32 Å². The maximum atomic E-state index is 11.9. The Labute approximate surface area is 112 Å². The second kappa shape index (κ2) is 7.18. The summed E-state index contributed by atoms with van der Waals surface area (Å²) in [5.41, 5.74) is 0.932. The molecule has 0 aliphatic carbocycles. The lowest BCUT2D eigenvalue weighted by atomic mass is 9.97. The van der Waals surface area contributed by atoms with Gasteiger partial charge in [-0.2, -0.15) is 12.6 Å². The zero-order chi connectivity index (χ0) is 13.5. The first-order valence-electron chi connectivity index (χ1n) is 5.71. The van der Waals surface area contributed by atoms with Crippen molar-refractivity contribution in [3.63, 3.8) is 0 Å². The van der Waals surface area contributed by atoms with Crippen LogP contribution in [0.3, 0.4) is 0 Å². The van der Waals surface area contributed by atoms with Crippen LogP contribution in [0.4, 0.5) is 0 Å². The number of nitrogens with one attached hydrogen (secondary N) is 1. The van der Waals surface area contributed by atoms with Gasteiger partial charge in [-0.05, 0) is 5.56 Å². The van der Waals surface area contributed by atoms with Crippen LogP contribution in [0.25, 0.3) is 0 Å². The number of carboxylic acid groups (broad SMARTS) is 1. The Balaban J connectivity index is 2.53. The first-order valence-corrected chi connectivity index (χ1v) is 6.34. The van der Waals surface area contributed by atoms with Gasteiger partial charge in [-0.3, -0.25) is 14.9 Å². The van der Waals surface area contributed by atoms with Crippen molar-refractivity contribution in [3.8, 4) is 0 Å². The quantitative estimate of drug-likeness (QED) is 0.652. The zero-order valence-electron chi connectivity index (χ0n) is 10.2. The van der Waals surface area contributed by atoms with Gasteiger partial charge in [0.1, 0.15) is 6.04 Å². The molecule has 1 unspecified atom stereocenters. The third-order valence-electron chi connectivity index (χ3n) is 2.79. The minimum Gasteiger partial charge on any atom is -0.480 e. The lowest BCUT2D eigenvalue weighted by molar-refractivity contribution is -0.138. The van der Waals surface area contributed by atoms with E-state index in [1.54, 1.807) is 0 Å². The molecule has 0 heterocycles. The average Bonchev–Trinajstić information content (AvgIpc) is 2.39. The summed E-state index contributed by atoms with van der Waals surface area (Å²) >= 11 is 3.92. The van der Waals surface area contributed by atoms with Gasteiger partial charge < -0.3 is 5.11 Å². The molecule has 0 aliphatic heterocycles. The normalized spacial score (nSPS) is 13.9. The number of carbonyl (C=O) groups is 2. The van der Waals surface area contributed by atoms with Gasteiger partial charge in [-0.15, -0.1) is 0 Å². The molecular weight excluding hydrogens is 250 g/mol. The predicted octanol–water partition coefficient (Wildman–Crippen LogP) is 1.33. The number of thiol groups is 1. The summed E-state index contributed by atoms with van der Waals surface area (Å²) in [7, 11) is 0. The van der Waals surface area contributed by atoms with Crippen LogP contribution in [0.2, 0.25) is 0 Å². The lowest BCUT2D eigenvalue weighted by Gasteiger charge is -2.14. The van der Waals surface area contributed by atoms with Crippen molar-refractivity contribution in [2.45, 2.75) is 18.9 Å². The maximum absolute atomic E-state index is 11.9. The third-order valence-corrected chi connectivity index (χ3v) is 3.15. The number of Topliss-reactive ketones (excluding diaryl/α,β-unsaturated/α-hetero) is 1. The molecular formula is C13H17NO3S. The van der Waals surface area contributed by atoms with Crippen molar-refractivity contribution >= 4 is 24.4 Å². The molecule has 0 amide bonds. The van der Waals surface area contributed by atoms with Gasteiger partial charge in [0.15, 0.2) is 5.78 Å².